The summed E-state index contributed by atoms with van der Waals surface area (Å²) < 4.78 is 11.9. The van der Waals surface area contributed by atoms with Crippen LogP contribution in [0, 0.1) is 5.92 Å². The van der Waals surface area contributed by atoms with Gasteiger partial charge in [0.15, 0.2) is 0 Å². The van der Waals surface area contributed by atoms with Gasteiger partial charge in [0, 0.05) is 17.5 Å². The number of nitrogens with zero attached hydrogens (tertiary/aromatic N) is 2. The van der Waals surface area contributed by atoms with Gasteiger partial charge in [-0.1, -0.05) is 44.2 Å². The van der Waals surface area contributed by atoms with Crippen LogP contribution in [0.5, 0.6) is 5.75 Å². The van der Waals surface area contributed by atoms with Crippen LogP contribution in [0.4, 0.5) is 0 Å². The third kappa shape index (κ3) is 6.38. The Hall–Kier alpha value is -3.53. The smallest absolute Gasteiger partial charge is 0.266 e. The van der Waals surface area contributed by atoms with Crippen molar-refractivity contribution < 1.29 is 24.3 Å². The molecule has 3 aromatic rings. The molecule has 1 aliphatic heterocycles. The fraction of sp³-hybridized carbons (Fsp3) is 0.433. The van der Waals surface area contributed by atoms with E-state index in [0.717, 1.165) is 22.2 Å². The molecule has 1 aliphatic rings. The number of nitrogens with two attached hydrogens (primary N) is 1. The summed E-state index contributed by atoms with van der Waals surface area (Å²) in [6.45, 7) is 9.00. The molecule has 9 heteroatoms. The highest BCUT2D eigenvalue weighted by Gasteiger charge is 2.48. The van der Waals surface area contributed by atoms with E-state index in [1.807, 2.05) is 58.0 Å². The molecule has 1 aromatic heterocycles. The number of pyridine rings is 1. The molecule has 1 saturated heterocycles. The summed E-state index contributed by atoms with van der Waals surface area (Å²) in [7, 11) is 0. The number of ether oxygens (including phenoxy) is 2. The average Bonchev–Trinajstić information content (AvgIpc) is 3.23. The highest BCUT2D eigenvalue weighted by molar-refractivity contribution is 5.94. The maximum absolute atomic E-state index is 13.4. The van der Waals surface area contributed by atoms with Gasteiger partial charge in [0.1, 0.15) is 23.9 Å². The summed E-state index contributed by atoms with van der Waals surface area (Å²) in [4.78, 5) is 31.9. The van der Waals surface area contributed by atoms with E-state index in [1.54, 1.807) is 29.7 Å². The van der Waals surface area contributed by atoms with Crippen LogP contribution in [0.25, 0.3) is 10.9 Å². The molecular formula is C30H38N4O5. The second-order valence-corrected chi connectivity index (χ2v) is 10.8. The van der Waals surface area contributed by atoms with Crippen LogP contribution in [0.2, 0.25) is 0 Å². The Morgan fingerprint density at radius 2 is 1.85 bits per heavy atom. The average molecular weight is 535 g/mol. The Balaban J connectivity index is 1.49. The number of likely N-dealkylation sites (tertiary alicyclic amines) is 1. The molecule has 39 heavy (non-hydrogen) atoms. The number of nitrogens with one attached hydrogen (secondary N) is 1. The van der Waals surface area contributed by atoms with Crippen molar-refractivity contribution in [1.82, 2.24) is 15.4 Å². The van der Waals surface area contributed by atoms with E-state index in [9.17, 15) is 14.8 Å². The predicted octanol–water partition coefficient (Wildman–Crippen LogP) is 4.05. The van der Waals surface area contributed by atoms with Crippen molar-refractivity contribution in [2.24, 2.45) is 11.7 Å². The first-order chi connectivity index (χ1) is 18.6. The summed E-state index contributed by atoms with van der Waals surface area (Å²) in [6, 6.07) is 16.4. The van der Waals surface area contributed by atoms with Gasteiger partial charge < -0.3 is 20.1 Å². The van der Waals surface area contributed by atoms with Gasteiger partial charge in [-0.15, -0.1) is 0 Å². The van der Waals surface area contributed by atoms with E-state index >= 15 is 0 Å². The Kier molecular flexibility index (Phi) is 8.84. The fourth-order valence-electron chi connectivity index (χ4n) is 4.99. The maximum atomic E-state index is 13.4. The van der Waals surface area contributed by atoms with Gasteiger partial charge in [0.2, 0.25) is 5.91 Å². The summed E-state index contributed by atoms with van der Waals surface area (Å²) in [5.41, 5.74) is 10.4. The lowest BCUT2D eigenvalue weighted by Crippen LogP contribution is -2.52. The van der Waals surface area contributed by atoms with E-state index in [-0.39, 0.29) is 17.9 Å². The third-order valence-electron chi connectivity index (χ3n) is 7.06. The van der Waals surface area contributed by atoms with Crippen LogP contribution in [0.15, 0.2) is 54.6 Å². The largest absolute Gasteiger partial charge is 0.489 e. The first-order valence-corrected chi connectivity index (χ1v) is 13.4. The second kappa shape index (κ2) is 12.1. The predicted molar refractivity (Wildman–Crippen MR) is 148 cm³/mol. The maximum Gasteiger partial charge on any atom is 0.266 e. The van der Waals surface area contributed by atoms with Gasteiger partial charge in [-0.3, -0.25) is 19.8 Å². The first-order valence-electron chi connectivity index (χ1n) is 13.4. The zero-order valence-corrected chi connectivity index (χ0v) is 23.0. The Labute approximate surface area is 229 Å². The van der Waals surface area contributed by atoms with Crippen molar-refractivity contribution in [2.45, 2.75) is 71.4 Å². The molecule has 2 atom stereocenters. The number of carbonyl (C=O) groups is 2. The van der Waals surface area contributed by atoms with Gasteiger partial charge >= 0.3 is 0 Å². The van der Waals surface area contributed by atoms with Crippen molar-refractivity contribution in [2.75, 3.05) is 6.54 Å². The summed E-state index contributed by atoms with van der Waals surface area (Å²) in [5, 5.41) is 10.2. The van der Waals surface area contributed by atoms with Crippen molar-refractivity contribution >= 4 is 22.7 Å². The van der Waals surface area contributed by atoms with E-state index in [2.05, 4.69) is 0 Å². The molecule has 0 spiro atoms. The Morgan fingerprint density at radius 3 is 2.51 bits per heavy atom. The van der Waals surface area contributed by atoms with Gasteiger partial charge in [-0.25, -0.2) is 5.48 Å². The number of benzene rings is 2. The summed E-state index contributed by atoms with van der Waals surface area (Å²) in [5.74, 6) is -0.138. The quantitative estimate of drug-likeness (QED) is 0.250. The highest BCUT2D eigenvalue weighted by Crippen LogP contribution is 2.34. The first kappa shape index (κ1) is 28.5. The molecule has 2 amide bonds. The Morgan fingerprint density at radius 1 is 1.13 bits per heavy atom. The monoisotopic (exact) mass is 534 g/mol. The lowest BCUT2D eigenvalue weighted by molar-refractivity contribution is -0.144. The molecule has 0 bridgehead atoms. The zero-order valence-electron chi connectivity index (χ0n) is 23.0. The zero-order chi connectivity index (χ0) is 28.2. The molecule has 2 heterocycles. The summed E-state index contributed by atoms with van der Waals surface area (Å²) >= 11 is 0. The van der Waals surface area contributed by atoms with E-state index < -0.39 is 17.5 Å². The number of aromatic nitrogens is 1. The molecule has 9 nitrogen and oxygen atoms in total. The standard InChI is InChI=1S/C30H38N4O5/c1-19(2)15-27(28(35)33-37)34-14-13-30(31,29(34)36)22-9-11-24(12-10-22)39-17-21-16-23(18-38-20(3)4)32-26-8-6-5-7-25(21)26/h5-12,16,19-20,27,37H,13-15,17-18,31H2,1-4H3,(H,33,35)/t27-,30-/m1/s1. The molecule has 1 fully saturated rings. The molecule has 0 saturated carbocycles. The molecule has 0 unspecified atom stereocenters. The molecule has 4 rings (SSSR count). The normalized spacial score (nSPS) is 18.3. The molecule has 0 radical (unpaired) electrons. The molecular weight excluding hydrogens is 496 g/mol. The SMILES string of the molecule is CC(C)C[C@H](C(=O)NO)N1CC[C@@](N)(c2ccc(OCc3cc(COC(C)C)nc4ccccc34)cc2)C1=O. The lowest BCUT2D eigenvalue weighted by atomic mass is 9.89. The molecule has 2 aromatic carbocycles. The highest BCUT2D eigenvalue weighted by atomic mass is 16.5. The van der Waals surface area contributed by atoms with Crippen LogP contribution in [0.3, 0.4) is 0 Å². The minimum atomic E-state index is -1.25. The van der Waals surface area contributed by atoms with Crippen LogP contribution in [0.1, 0.15) is 57.4 Å². The van der Waals surface area contributed by atoms with Crippen LogP contribution < -0.4 is 16.0 Å². The third-order valence-corrected chi connectivity index (χ3v) is 7.06. The number of hydrogen-bond acceptors (Lipinski definition) is 7. The van der Waals surface area contributed by atoms with Crippen molar-refractivity contribution in [3.8, 4) is 5.75 Å². The van der Waals surface area contributed by atoms with Crippen molar-refractivity contribution in [3.63, 3.8) is 0 Å². The van der Waals surface area contributed by atoms with Gasteiger partial charge in [-0.05, 0) is 62.4 Å². The number of carbonyl (C=O) groups excluding carboxylic acids is 2. The molecule has 208 valence electrons. The van der Waals surface area contributed by atoms with E-state index in [0.29, 0.717) is 43.9 Å². The number of para-hydroxylation sites is 1. The van der Waals surface area contributed by atoms with Crippen molar-refractivity contribution in [3.05, 3.63) is 71.4 Å². The van der Waals surface area contributed by atoms with E-state index in [1.165, 1.54) is 4.90 Å². The van der Waals surface area contributed by atoms with E-state index in [4.69, 9.17) is 20.2 Å². The van der Waals surface area contributed by atoms with Crippen molar-refractivity contribution in [1.29, 1.82) is 0 Å². The van der Waals surface area contributed by atoms with Gasteiger partial charge in [-0.2, -0.15) is 0 Å². The number of hydrogen-bond donors (Lipinski definition) is 3. The minimum absolute atomic E-state index is 0.106. The minimum Gasteiger partial charge on any atom is -0.489 e. The number of fused-ring (bicyclic) bond motifs is 1. The van der Waals surface area contributed by atoms with Crippen LogP contribution in [-0.2, 0) is 33.1 Å². The summed E-state index contributed by atoms with van der Waals surface area (Å²) in [6.07, 6.45) is 0.897. The lowest BCUT2D eigenvalue weighted by Gasteiger charge is -2.30. The van der Waals surface area contributed by atoms with Gasteiger partial charge in [0.05, 0.1) is 23.9 Å². The fourth-order valence-corrected chi connectivity index (χ4v) is 4.99. The molecule has 4 N–H and O–H groups in total. The Bertz CT molecular complexity index is 1310. The molecule has 0 aliphatic carbocycles. The van der Waals surface area contributed by atoms with Gasteiger partial charge in [0.25, 0.3) is 5.91 Å². The number of rotatable bonds is 11. The second-order valence-electron chi connectivity index (χ2n) is 10.8. The topological polar surface area (TPSA) is 127 Å². The van der Waals surface area contributed by atoms with Crippen LogP contribution >= 0.6 is 0 Å². The number of amides is 2. The van der Waals surface area contributed by atoms with Crippen LogP contribution in [-0.4, -0.2) is 45.6 Å². The number of hydroxylamine groups is 1.